The first-order valence-electron chi connectivity index (χ1n) is 9.73. The summed E-state index contributed by atoms with van der Waals surface area (Å²) in [6, 6.07) is 6.81. The van der Waals surface area contributed by atoms with Crippen molar-refractivity contribution in [2.75, 3.05) is 39.4 Å². The molecule has 0 spiro atoms. The van der Waals surface area contributed by atoms with Crippen LogP contribution in [0.2, 0.25) is 5.02 Å². The molecule has 1 aromatic rings. The van der Waals surface area contributed by atoms with E-state index in [4.69, 9.17) is 16.3 Å². The van der Waals surface area contributed by atoms with Gasteiger partial charge in [-0.15, -0.1) is 0 Å². The number of nitrogens with one attached hydrogen (secondary N) is 2. The van der Waals surface area contributed by atoms with Crippen molar-refractivity contribution in [2.45, 2.75) is 37.6 Å². The van der Waals surface area contributed by atoms with Crippen LogP contribution in [0.4, 0.5) is 0 Å². The number of halogens is 1. The van der Waals surface area contributed by atoms with Gasteiger partial charge in [0.1, 0.15) is 0 Å². The van der Waals surface area contributed by atoms with Crippen LogP contribution in [-0.4, -0.2) is 61.6 Å². The van der Waals surface area contributed by atoms with Crippen LogP contribution in [0, 0.1) is 0 Å². The number of hydrogen-bond donors (Lipinski definition) is 2. The maximum Gasteiger partial charge on any atom is 0.253 e. The number of rotatable bonds is 6. The summed E-state index contributed by atoms with van der Waals surface area (Å²) in [6.45, 7) is 3.91. The predicted molar refractivity (Wildman–Crippen MR) is 105 cm³/mol. The Labute approximate surface area is 165 Å². The van der Waals surface area contributed by atoms with E-state index in [1.807, 2.05) is 0 Å². The van der Waals surface area contributed by atoms with Crippen molar-refractivity contribution >= 4 is 23.4 Å². The van der Waals surface area contributed by atoms with Gasteiger partial charge in [0.25, 0.3) is 5.91 Å². The first-order valence-corrected chi connectivity index (χ1v) is 10.1. The third-order valence-electron chi connectivity index (χ3n) is 5.61. The average Bonchev–Trinajstić information content (AvgIpc) is 2.72. The molecule has 7 heteroatoms. The van der Waals surface area contributed by atoms with E-state index < -0.39 is 0 Å². The Kier molecular flexibility index (Phi) is 7.10. The molecular formula is C20H28ClN3O3. The number of carbonyl (C=O) groups excluding carboxylic acids is 2. The standard InChI is InChI=1S/C20H28ClN3O3/c21-17-7-3-2-6-16(17)19(26)22-14-18(25)23-15-20(8-4-1-5-9-20)24-10-12-27-13-11-24/h2-3,6-7H,1,4-5,8-15H2,(H,22,26)(H,23,25). The number of hydrogen-bond acceptors (Lipinski definition) is 4. The predicted octanol–water partition coefficient (Wildman–Crippen LogP) is 2.22. The van der Waals surface area contributed by atoms with Crippen molar-refractivity contribution in [3.8, 4) is 0 Å². The van der Waals surface area contributed by atoms with Gasteiger partial charge < -0.3 is 15.4 Å². The van der Waals surface area contributed by atoms with Crippen LogP contribution >= 0.6 is 11.6 Å². The maximum absolute atomic E-state index is 12.3. The molecule has 0 bridgehead atoms. The van der Waals surface area contributed by atoms with Gasteiger partial charge in [-0.25, -0.2) is 0 Å². The highest BCUT2D eigenvalue weighted by Gasteiger charge is 2.38. The van der Waals surface area contributed by atoms with Gasteiger partial charge in [0.05, 0.1) is 30.3 Å². The third kappa shape index (κ3) is 5.21. The summed E-state index contributed by atoms with van der Waals surface area (Å²) in [6.07, 6.45) is 5.83. The van der Waals surface area contributed by atoms with Gasteiger partial charge in [-0.05, 0) is 25.0 Å². The van der Waals surface area contributed by atoms with E-state index in [9.17, 15) is 9.59 Å². The van der Waals surface area contributed by atoms with Gasteiger partial charge in [0, 0.05) is 25.2 Å². The zero-order valence-corrected chi connectivity index (χ0v) is 16.4. The Morgan fingerprint density at radius 2 is 1.78 bits per heavy atom. The van der Waals surface area contributed by atoms with Crippen LogP contribution in [0.1, 0.15) is 42.5 Å². The number of carbonyl (C=O) groups is 2. The minimum atomic E-state index is -0.337. The molecule has 1 aromatic carbocycles. The van der Waals surface area contributed by atoms with Crippen molar-refractivity contribution in [2.24, 2.45) is 0 Å². The lowest BCUT2D eigenvalue weighted by Crippen LogP contribution is -2.60. The molecule has 2 fully saturated rings. The summed E-state index contributed by atoms with van der Waals surface area (Å²) in [7, 11) is 0. The molecule has 0 aromatic heterocycles. The summed E-state index contributed by atoms with van der Waals surface area (Å²) in [5.41, 5.74) is 0.397. The average molecular weight is 394 g/mol. The summed E-state index contributed by atoms with van der Waals surface area (Å²) >= 11 is 6.02. The Balaban J connectivity index is 1.52. The SMILES string of the molecule is O=C(CNC(=O)c1ccccc1Cl)NCC1(N2CCOCC2)CCCCC1. The van der Waals surface area contributed by atoms with Gasteiger partial charge >= 0.3 is 0 Å². The molecule has 1 saturated heterocycles. The number of amides is 2. The minimum absolute atomic E-state index is 0.0183. The fraction of sp³-hybridized carbons (Fsp3) is 0.600. The largest absolute Gasteiger partial charge is 0.379 e. The summed E-state index contributed by atoms with van der Waals surface area (Å²) in [4.78, 5) is 27.0. The fourth-order valence-corrected chi connectivity index (χ4v) is 4.30. The van der Waals surface area contributed by atoms with E-state index in [0.29, 0.717) is 17.1 Å². The van der Waals surface area contributed by atoms with Gasteiger partial charge in [-0.3, -0.25) is 14.5 Å². The summed E-state index contributed by atoms with van der Waals surface area (Å²) < 4.78 is 5.49. The van der Waals surface area contributed by atoms with E-state index in [-0.39, 0.29) is 23.9 Å². The van der Waals surface area contributed by atoms with Crippen LogP contribution in [0.25, 0.3) is 0 Å². The molecule has 0 radical (unpaired) electrons. The van der Waals surface area contributed by atoms with Crippen molar-refractivity contribution < 1.29 is 14.3 Å². The second kappa shape index (κ2) is 9.53. The van der Waals surface area contributed by atoms with Gasteiger partial charge in [-0.2, -0.15) is 0 Å². The third-order valence-corrected chi connectivity index (χ3v) is 5.94. The highest BCUT2D eigenvalue weighted by Crippen LogP contribution is 2.33. The summed E-state index contributed by atoms with van der Waals surface area (Å²) in [5, 5.41) is 6.07. The van der Waals surface area contributed by atoms with Crippen LogP contribution in [-0.2, 0) is 9.53 Å². The van der Waals surface area contributed by atoms with Crippen LogP contribution in [0.3, 0.4) is 0 Å². The lowest BCUT2D eigenvalue weighted by molar-refractivity contribution is -0.121. The molecule has 148 valence electrons. The van der Waals surface area contributed by atoms with Gasteiger partial charge in [0.15, 0.2) is 0 Å². The Morgan fingerprint density at radius 1 is 1.07 bits per heavy atom. The van der Waals surface area contributed by atoms with E-state index in [2.05, 4.69) is 15.5 Å². The van der Waals surface area contributed by atoms with E-state index in [1.165, 1.54) is 19.3 Å². The summed E-state index contributed by atoms with van der Waals surface area (Å²) in [5.74, 6) is -0.509. The Hall–Kier alpha value is -1.63. The lowest BCUT2D eigenvalue weighted by atomic mass is 9.79. The molecule has 3 rings (SSSR count). The Bertz CT molecular complexity index is 656. The normalized spacial score (nSPS) is 20.0. The molecule has 2 N–H and O–H groups in total. The number of morpholine rings is 1. The molecule has 27 heavy (non-hydrogen) atoms. The zero-order valence-electron chi connectivity index (χ0n) is 15.6. The van der Waals surface area contributed by atoms with Crippen LogP contribution in [0.15, 0.2) is 24.3 Å². The second-order valence-corrected chi connectivity index (χ2v) is 7.73. The highest BCUT2D eigenvalue weighted by atomic mass is 35.5. The molecule has 0 atom stereocenters. The van der Waals surface area contributed by atoms with E-state index in [1.54, 1.807) is 24.3 Å². The first kappa shape index (κ1) is 20.1. The van der Waals surface area contributed by atoms with Crippen molar-refractivity contribution in [3.05, 3.63) is 34.9 Å². The molecule has 2 aliphatic rings. The second-order valence-electron chi connectivity index (χ2n) is 7.32. The molecule has 1 heterocycles. The maximum atomic E-state index is 12.3. The van der Waals surface area contributed by atoms with E-state index >= 15 is 0 Å². The topological polar surface area (TPSA) is 70.7 Å². The van der Waals surface area contributed by atoms with E-state index in [0.717, 1.165) is 39.1 Å². The van der Waals surface area contributed by atoms with Gasteiger partial charge in [0.2, 0.25) is 5.91 Å². The Morgan fingerprint density at radius 3 is 2.48 bits per heavy atom. The van der Waals surface area contributed by atoms with Crippen molar-refractivity contribution in [1.29, 1.82) is 0 Å². The van der Waals surface area contributed by atoms with Crippen molar-refractivity contribution in [1.82, 2.24) is 15.5 Å². The lowest BCUT2D eigenvalue weighted by Gasteiger charge is -2.48. The van der Waals surface area contributed by atoms with Gasteiger partial charge in [-0.1, -0.05) is 43.0 Å². The van der Waals surface area contributed by atoms with Crippen LogP contribution in [0.5, 0.6) is 0 Å². The first-order chi connectivity index (χ1) is 13.1. The molecule has 6 nitrogen and oxygen atoms in total. The number of ether oxygens (including phenoxy) is 1. The van der Waals surface area contributed by atoms with Crippen molar-refractivity contribution in [3.63, 3.8) is 0 Å². The number of nitrogens with zero attached hydrogens (tertiary/aromatic N) is 1. The molecule has 1 aliphatic carbocycles. The zero-order chi connectivity index (χ0) is 19.1. The smallest absolute Gasteiger partial charge is 0.253 e. The molecule has 1 saturated carbocycles. The quantitative estimate of drug-likeness (QED) is 0.777. The molecule has 2 amide bonds. The minimum Gasteiger partial charge on any atom is -0.379 e. The fourth-order valence-electron chi connectivity index (χ4n) is 4.08. The number of benzene rings is 1. The monoisotopic (exact) mass is 393 g/mol. The van der Waals surface area contributed by atoms with Crippen LogP contribution < -0.4 is 10.6 Å². The molecule has 0 unspecified atom stereocenters. The highest BCUT2D eigenvalue weighted by molar-refractivity contribution is 6.33. The molecular weight excluding hydrogens is 366 g/mol. The molecule has 1 aliphatic heterocycles.